The lowest BCUT2D eigenvalue weighted by Crippen LogP contribution is -2.26. The highest BCUT2D eigenvalue weighted by Crippen LogP contribution is 2.43. The molecular weight excluding hydrogens is 243 g/mol. The molecule has 102 valence electrons. The zero-order chi connectivity index (χ0) is 13.4. The molecule has 0 heterocycles. The molecule has 3 heteroatoms. The minimum Gasteiger partial charge on any atom is -0.490 e. The van der Waals surface area contributed by atoms with Crippen LogP contribution >= 0.6 is 0 Å². The molecule has 2 aliphatic rings. The van der Waals surface area contributed by atoms with Crippen LogP contribution in [0.3, 0.4) is 0 Å². The number of ketones is 1. The van der Waals surface area contributed by atoms with Crippen LogP contribution in [-0.4, -0.2) is 11.9 Å². The van der Waals surface area contributed by atoms with Crippen molar-refractivity contribution in [2.45, 2.75) is 45.1 Å². The largest absolute Gasteiger partial charge is 0.490 e. The first-order valence-corrected chi connectivity index (χ1v) is 7.09. The monoisotopic (exact) mass is 262 g/mol. The van der Waals surface area contributed by atoms with E-state index < -0.39 is 5.82 Å². The molecule has 19 heavy (non-hydrogen) atoms. The van der Waals surface area contributed by atoms with Gasteiger partial charge >= 0.3 is 0 Å². The molecule has 1 aromatic rings. The summed E-state index contributed by atoms with van der Waals surface area (Å²) in [6.07, 6.45) is 6.44. The molecule has 2 nitrogen and oxygen atoms in total. The van der Waals surface area contributed by atoms with Crippen molar-refractivity contribution in [3.05, 3.63) is 29.6 Å². The minimum absolute atomic E-state index is 0.122. The Labute approximate surface area is 113 Å². The molecular formula is C16H19FO2. The van der Waals surface area contributed by atoms with Crippen molar-refractivity contribution < 1.29 is 13.9 Å². The molecule has 3 rings (SSSR count). The first-order chi connectivity index (χ1) is 9.11. The normalized spacial score (nSPS) is 29.3. The lowest BCUT2D eigenvalue weighted by Gasteiger charge is -2.28. The fourth-order valence-electron chi connectivity index (χ4n) is 3.58. The summed E-state index contributed by atoms with van der Waals surface area (Å²) in [5, 5.41) is 0. The number of rotatable bonds is 3. The smallest absolute Gasteiger partial charge is 0.162 e. The van der Waals surface area contributed by atoms with Gasteiger partial charge in [0.2, 0.25) is 0 Å². The van der Waals surface area contributed by atoms with Crippen LogP contribution in [0.15, 0.2) is 18.2 Å². The molecule has 0 aliphatic heterocycles. The summed E-state index contributed by atoms with van der Waals surface area (Å²) >= 11 is 0. The number of benzene rings is 1. The summed E-state index contributed by atoms with van der Waals surface area (Å²) in [5.41, 5.74) is 0.122. The Balaban J connectivity index is 1.73. The molecule has 0 saturated heterocycles. The number of hydrogen-bond donors (Lipinski definition) is 0. The summed E-state index contributed by atoms with van der Waals surface area (Å²) < 4.78 is 19.4. The maximum Gasteiger partial charge on any atom is 0.162 e. The second-order valence-corrected chi connectivity index (χ2v) is 5.95. The second kappa shape index (κ2) is 4.95. The average Bonchev–Trinajstić information content (AvgIpc) is 2.71. The van der Waals surface area contributed by atoms with E-state index in [9.17, 15) is 9.18 Å². The fourth-order valence-corrected chi connectivity index (χ4v) is 3.58. The van der Waals surface area contributed by atoms with E-state index in [1.165, 1.54) is 38.3 Å². The minimum atomic E-state index is -0.469. The third kappa shape index (κ3) is 2.65. The van der Waals surface area contributed by atoms with Crippen molar-refractivity contribution >= 4 is 5.78 Å². The Morgan fingerprint density at radius 2 is 1.89 bits per heavy atom. The SMILES string of the molecule is CC(=O)c1cc(O[C@@H]2C[C@@H]3CC[C@@H](C3)C2)ccc1F. The molecule has 0 unspecified atom stereocenters. The van der Waals surface area contributed by atoms with E-state index in [-0.39, 0.29) is 17.5 Å². The Kier molecular flexibility index (Phi) is 3.29. The molecule has 0 amide bonds. The number of Topliss-reactive ketones (excluding diaryl/α,β-unsaturated/α-hetero) is 1. The Hall–Kier alpha value is -1.38. The number of carbonyl (C=O) groups excluding carboxylic acids is 1. The first kappa shape index (κ1) is 12.6. The fraction of sp³-hybridized carbons (Fsp3) is 0.562. The van der Waals surface area contributed by atoms with Gasteiger partial charge in [0.15, 0.2) is 5.78 Å². The second-order valence-electron chi connectivity index (χ2n) is 5.95. The Bertz CT molecular complexity index is 486. The number of carbonyl (C=O) groups is 1. The zero-order valence-corrected chi connectivity index (χ0v) is 11.2. The summed E-state index contributed by atoms with van der Waals surface area (Å²) in [6.45, 7) is 1.38. The highest BCUT2D eigenvalue weighted by Gasteiger charge is 2.35. The van der Waals surface area contributed by atoms with Crippen LogP contribution in [0.5, 0.6) is 5.75 Å². The number of fused-ring (bicyclic) bond motifs is 2. The molecule has 2 bridgehead atoms. The maximum absolute atomic E-state index is 13.5. The van der Waals surface area contributed by atoms with Crippen LogP contribution in [0.4, 0.5) is 4.39 Å². The molecule has 3 atom stereocenters. The van der Waals surface area contributed by atoms with Crippen molar-refractivity contribution in [2.75, 3.05) is 0 Å². The predicted octanol–water partition coefficient (Wildman–Crippen LogP) is 3.99. The van der Waals surface area contributed by atoms with Gasteiger partial charge in [-0.15, -0.1) is 0 Å². The first-order valence-electron chi connectivity index (χ1n) is 7.09. The summed E-state index contributed by atoms with van der Waals surface area (Å²) in [5.74, 6) is 1.50. The Morgan fingerprint density at radius 1 is 1.21 bits per heavy atom. The van der Waals surface area contributed by atoms with Crippen LogP contribution in [0.25, 0.3) is 0 Å². The van der Waals surface area contributed by atoms with E-state index >= 15 is 0 Å². The van der Waals surface area contributed by atoms with Crippen LogP contribution in [0.1, 0.15) is 49.4 Å². The van der Waals surface area contributed by atoms with Crippen molar-refractivity contribution in [3.63, 3.8) is 0 Å². The van der Waals surface area contributed by atoms with Crippen LogP contribution < -0.4 is 4.74 Å². The van der Waals surface area contributed by atoms with Crippen LogP contribution in [-0.2, 0) is 0 Å². The highest BCUT2D eigenvalue weighted by atomic mass is 19.1. The van der Waals surface area contributed by atoms with Gasteiger partial charge in [0.1, 0.15) is 11.6 Å². The molecule has 2 saturated carbocycles. The van der Waals surface area contributed by atoms with E-state index in [0.29, 0.717) is 5.75 Å². The van der Waals surface area contributed by atoms with Gasteiger partial charge in [0.05, 0.1) is 11.7 Å². The van der Waals surface area contributed by atoms with Gasteiger partial charge in [-0.3, -0.25) is 4.79 Å². The van der Waals surface area contributed by atoms with Gasteiger partial charge in [-0.1, -0.05) is 12.8 Å². The lowest BCUT2D eigenvalue weighted by molar-refractivity contribution is 0.100. The molecule has 0 N–H and O–H groups in total. The van der Waals surface area contributed by atoms with E-state index in [4.69, 9.17) is 4.74 Å². The van der Waals surface area contributed by atoms with E-state index in [0.717, 1.165) is 24.7 Å². The van der Waals surface area contributed by atoms with Crippen LogP contribution in [0, 0.1) is 17.7 Å². The molecule has 0 radical (unpaired) electrons. The van der Waals surface area contributed by atoms with Crippen molar-refractivity contribution in [2.24, 2.45) is 11.8 Å². The molecule has 2 fully saturated rings. The standard InChI is InChI=1S/C16H19FO2/c1-10(18)15-9-13(4-5-16(15)17)19-14-7-11-2-3-12(6-11)8-14/h4-5,9,11-12,14H,2-3,6-8H2,1H3/t11-,12+,14-. The summed E-state index contributed by atoms with van der Waals surface area (Å²) in [6, 6.07) is 4.48. The zero-order valence-electron chi connectivity index (χ0n) is 11.2. The van der Waals surface area contributed by atoms with Crippen molar-refractivity contribution in [1.82, 2.24) is 0 Å². The third-order valence-electron chi connectivity index (χ3n) is 4.46. The van der Waals surface area contributed by atoms with Gasteiger partial charge in [-0.05, 0) is 56.2 Å². The Morgan fingerprint density at radius 3 is 2.53 bits per heavy atom. The third-order valence-corrected chi connectivity index (χ3v) is 4.46. The van der Waals surface area contributed by atoms with E-state index in [1.54, 1.807) is 6.07 Å². The number of ether oxygens (including phenoxy) is 1. The maximum atomic E-state index is 13.5. The van der Waals surface area contributed by atoms with Crippen molar-refractivity contribution in [3.8, 4) is 5.75 Å². The van der Waals surface area contributed by atoms with Crippen LogP contribution in [0.2, 0.25) is 0 Å². The summed E-state index contributed by atoms with van der Waals surface area (Å²) in [4.78, 5) is 11.3. The molecule has 0 spiro atoms. The van der Waals surface area contributed by atoms with Gasteiger partial charge in [0, 0.05) is 0 Å². The van der Waals surface area contributed by atoms with E-state index in [2.05, 4.69) is 0 Å². The van der Waals surface area contributed by atoms with Crippen molar-refractivity contribution in [1.29, 1.82) is 0 Å². The number of hydrogen-bond acceptors (Lipinski definition) is 2. The number of halogens is 1. The van der Waals surface area contributed by atoms with Gasteiger partial charge in [-0.2, -0.15) is 0 Å². The topological polar surface area (TPSA) is 26.3 Å². The lowest BCUT2D eigenvalue weighted by atomic mass is 9.87. The molecule has 2 aliphatic carbocycles. The van der Waals surface area contributed by atoms with E-state index in [1.807, 2.05) is 0 Å². The highest BCUT2D eigenvalue weighted by molar-refractivity contribution is 5.94. The average molecular weight is 262 g/mol. The predicted molar refractivity (Wildman–Crippen MR) is 70.9 cm³/mol. The molecule has 1 aromatic carbocycles. The van der Waals surface area contributed by atoms with Gasteiger partial charge < -0.3 is 4.74 Å². The molecule has 0 aromatic heterocycles. The summed E-state index contributed by atoms with van der Waals surface area (Å²) in [7, 11) is 0. The van der Waals surface area contributed by atoms with Gasteiger partial charge in [-0.25, -0.2) is 4.39 Å². The quantitative estimate of drug-likeness (QED) is 0.770. The van der Waals surface area contributed by atoms with Gasteiger partial charge in [0.25, 0.3) is 0 Å².